The van der Waals surface area contributed by atoms with Gasteiger partial charge < -0.3 is 4.90 Å². The molecule has 0 spiro atoms. The molecule has 2 fully saturated rings. The van der Waals surface area contributed by atoms with Crippen molar-refractivity contribution in [2.75, 3.05) is 0 Å². The highest BCUT2D eigenvalue weighted by molar-refractivity contribution is 5.23. The molecule has 0 bridgehead atoms. The highest BCUT2D eigenvalue weighted by Gasteiger charge is 2.45. The molecule has 5 unspecified atom stereocenters. The zero-order valence-corrected chi connectivity index (χ0v) is 12.6. The molecule has 0 amide bonds. The van der Waals surface area contributed by atoms with Gasteiger partial charge in [0.05, 0.1) is 0 Å². The molecule has 1 heteroatoms. The van der Waals surface area contributed by atoms with Crippen molar-refractivity contribution in [3.05, 3.63) is 11.3 Å². The number of hydrogen-bond acceptors (Lipinski definition) is 1. The Hall–Kier alpha value is -0.460. The second-order valence-corrected chi connectivity index (χ2v) is 7.12. The second-order valence-electron chi connectivity index (χ2n) is 7.12. The number of piperidine rings is 1. The maximum absolute atomic E-state index is 2.87. The van der Waals surface area contributed by atoms with Crippen molar-refractivity contribution in [1.29, 1.82) is 0 Å². The van der Waals surface area contributed by atoms with Gasteiger partial charge >= 0.3 is 0 Å². The van der Waals surface area contributed by atoms with E-state index in [2.05, 4.69) is 32.6 Å². The first-order valence-corrected chi connectivity index (χ1v) is 8.09. The predicted octanol–water partition coefficient (Wildman–Crippen LogP) is 4.59. The van der Waals surface area contributed by atoms with Crippen LogP contribution in [0.15, 0.2) is 11.3 Å². The van der Waals surface area contributed by atoms with Gasteiger partial charge in [0, 0.05) is 17.8 Å². The van der Waals surface area contributed by atoms with Gasteiger partial charge in [-0.15, -0.1) is 0 Å². The fourth-order valence-corrected chi connectivity index (χ4v) is 5.00. The maximum atomic E-state index is 2.87. The number of fused-ring (bicyclic) bond motifs is 3. The Balaban J connectivity index is 2.01. The van der Waals surface area contributed by atoms with Crippen LogP contribution < -0.4 is 0 Å². The summed E-state index contributed by atoms with van der Waals surface area (Å²) in [7, 11) is 0. The van der Waals surface area contributed by atoms with Gasteiger partial charge in [-0.2, -0.15) is 0 Å². The summed E-state index contributed by atoms with van der Waals surface area (Å²) in [4.78, 5) is 2.87. The van der Waals surface area contributed by atoms with Crippen LogP contribution in [0.4, 0.5) is 0 Å². The van der Waals surface area contributed by atoms with E-state index >= 15 is 0 Å². The van der Waals surface area contributed by atoms with Crippen molar-refractivity contribution in [2.45, 2.75) is 78.3 Å². The van der Waals surface area contributed by atoms with E-state index in [1.807, 2.05) is 0 Å². The van der Waals surface area contributed by atoms with E-state index < -0.39 is 0 Å². The van der Waals surface area contributed by atoms with Gasteiger partial charge in [-0.3, -0.25) is 0 Å². The van der Waals surface area contributed by atoms with E-state index in [-0.39, 0.29) is 0 Å². The van der Waals surface area contributed by atoms with E-state index in [4.69, 9.17) is 0 Å². The van der Waals surface area contributed by atoms with Crippen LogP contribution in [0.2, 0.25) is 0 Å². The Morgan fingerprint density at radius 3 is 2.50 bits per heavy atom. The number of nitrogens with zero attached hydrogens (tertiary/aromatic N) is 1. The Morgan fingerprint density at radius 1 is 1.00 bits per heavy atom. The monoisotopic (exact) mass is 247 g/mol. The van der Waals surface area contributed by atoms with E-state index in [1.54, 1.807) is 11.3 Å². The molecule has 3 rings (SSSR count). The molecule has 5 atom stereocenters. The normalized spacial score (nSPS) is 44.7. The van der Waals surface area contributed by atoms with Crippen molar-refractivity contribution in [1.82, 2.24) is 4.90 Å². The quantitative estimate of drug-likeness (QED) is 0.605. The van der Waals surface area contributed by atoms with Crippen molar-refractivity contribution in [3.63, 3.8) is 0 Å². The summed E-state index contributed by atoms with van der Waals surface area (Å²) in [5.74, 6) is 2.64. The highest BCUT2D eigenvalue weighted by atomic mass is 15.2. The van der Waals surface area contributed by atoms with Crippen LogP contribution in [-0.2, 0) is 0 Å². The van der Waals surface area contributed by atoms with Crippen LogP contribution in [0, 0.1) is 17.8 Å². The van der Waals surface area contributed by atoms with Crippen LogP contribution >= 0.6 is 0 Å². The molecule has 1 nitrogen and oxygen atoms in total. The van der Waals surface area contributed by atoms with Crippen LogP contribution in [0.5, 0.6) is 0 Å². The van der Waals surface area contributed by atoms with Crippen molar-refractivity contribution in [3.8, 4) is 0 Å². The van der Waals surface area contributed by atoms with Gasteiger partial charge in [-0.05, 0) is 57.3 Å². The molecule has 0 N–H and O–H groups in total. The first kappa shape index (κ1) is 12.6. The molecular weight excluding hydrogens is 218 g/mol. The predicted molar refractivity (Wildman–Crippen MR) is 77.3 cm³/mol. The summed E-state index contributed by atoms with van der Waals surface area (Å²) >= 11 is 0. The van der Waals surface area contributed by atoms with E-state index in [1.165, 1.54) is 38.5 Å². The summed E-state index contributed by atoms with van der Waals surface area (Å²) < 4.78 is 0. The minimum Gasteiger partial charge on any atom is -0.369 e. The van der Waals surface area contributed by atoms with Crippen LogP contribution in [0.25, 0.3) is 0 Å². The third kappa shape index (κ3) is 1.73. The van der Waals surface area contributed by atoms with Gasteiger partial charge in [0.1, 0.15) is 0 Å². The van der Waals surface area contributed by atoms with Crippen molar-refractivity contribution < 1.29 is 0 Å². The lowest BCUT2D eigenvalue weighted by Gasteiger charge is -2.57. The molecule has 0 radical (unpaired) electrons. The Morgan fingerprint density at radius 2 is 1.72 bits per heavy atom. The molecule has 2 aliphatic heterocycles. The number of rotatable bonds is 0. The third-order valence-electron chi connectivity index (χ3n) is 6.16. The lowest BCUT2D eigenvalue weighted by molar-refractivity contribution is -0.000224. The Kier molecular flexibility index (Phi) is 3.20. The number of hydrogen-bond donors (Lipinski definition) is 0. The van der Waals surface area contributed by atoms with Gasteiger partial charge in [-0.1, -0.05) is 32.3 Å². The summed E-state index contributed by atoms with van der Waals surface area (Å²) in [6.07, 6.45) is 8.56. The molecular formula is C17H29N. The van der Waals surface area contributed by atoms with Crippen LogP contribution in [0.3, 0.4) is 0 Å². The van der Waals surface area contributed by atoms with Crippen molar-refractivity contribution in [2.24, 2.45) is 17.8 Å². The van der Waals surface area contributed by atoms with E-state index in [9.17, 15) is 0 Å². The number of allylic oxidation sites excluding steroid dienone is 2. The highest BCUT2D eigenvalue weighted by Crippen LogP contribution is 2.49. The molecule has 1 aliphatic carbocycles. The maximum Gasteiger partial charge on any atom is 0.0320 e. The van der Waals surface area contributed by atoms with Gasteiger partial charge in [0.15, 0.2) is 0 Å². The zero-order valence-electron chi connectivity index (χ0n) is 12.6. The second kappa shape index (κ2) is 4.58. The topological polar surface area (TPSA) is 3.24 Å². The first-order valence-electron chi connectivity index (χ1n) is 8.09. The van der Waals surface area contributed by atoms with Crippen molar-refractivity contribution >= 4 is 0 Å². The van der Waals surface area contributed by atoms with E-state index in [0.29, 0.717) is 0 Å². The Bertz CT molecular complexity index is 357. The molecule has 0 aromatic rings. The first-order chi connectivity index (χ1) is 8.61. The minimum atomic E-state index is 0.782. The fraction of sp³-hybridized carbons (Fsp3) is 0.882. The van der Waals surface area contributed by atoms with Gasteiger partial charge in [0.2, 0.25) is 0 Å². The third-order valence-corrected chi connectivity index (χ3v) is 6.16. The lowest BCUT2D eigenvalue weighted by atomic mass is 9.65. The fourth-order valence-electron chi connectivity index (χ4n) is 5.00. The van der Waals surface area contributed by atoms with E-state index in [0.717, 1.165) is 29.8 Å². The summed E-state index contributed by atoms with van der Waals surface area (Å²) in [6.45, 7) is 9.85. The minimum absolute atomic E-state index is 0.782. The molecule has 1 saturated carbocycles. The Labute approximate surface area is 113 Å². The van der Waals surface area contributed by atoms with Crippen LogP contribution in [-0.4, -0.2) is 17.0 Å². The molecule has 0 aromatic heterocycles. The lowest BCUT2D eigenvalue weighted by Crippen LogP contribution is -2.56. The van der Waals surface area contributed by atoms with Gasteiger partial charge in [0.25, 0.3) is 0 Å². The standard InChI is InChI=1S/C17H29N/c1-11-9-10-12(2)18-16-8-6-5-7-15(16)13(3)14(4)17(11)18/h12-16H,5-10H2,1-4H3. The SMILES string of the molecule is CC1=C2C(C)C(C)C3CCCCC3N2C(C)CC1. The summed E-state index contributed by atoms with van der Waals surface area (Å²) in [5.41, 5.74) is 3.43. The molecule has 1 saturated heterocycles. The zero-order chi connectivity index (χ0) is 12.9. The molecule has 3 aliphatic rings. The van der Waals surface area contributed by atoms with Crippen LogP contribution in [0.1, 0.15) is 66.2 Å². The average molecular weight is 247 g/mol. The molecule has 18 heavy (non-hydrogen) atoms. The summed E-state index contributed by atoms with van der Waals surface area (Å²) in [5, 5.41) is 0. The van der Waals surface area contributed by atoms with Gasteiger partial charge in [-0.25, -0.2) is 0 Å². The average Bonchev–Trinajstić information content (AvgIpc) is 2.38. The summed E-state index contributed by atoms with van der Waals surface area (Å²) in [6, 6.07) is 1.65. The largest absolute Gasteiger partial charge is 0.369 e. The molecule has 0 aromatic carbocycles. The molecule has 102 valence electrons. The smallest absolute Gasteiger partial charge is 0.0320 e. The molecule has 2 heterocycles.